The van der Waals surface area contributed by atoms with E-state index in [-0.39, 0.29) is 34.8 Å². The lowest BCUT2D eigenvalue weighted by Crippen LogP contribution is -2.41. The van der Waals surface area contributed by atoms with E-state index < -0.39 is 23.0 Å². The number of nitrogens with one attached hydrogen (secondary N) is 2. The molecule has 0 spiro atoms. The zero-order valence-corrected chi connectivity index (χ0v) is 16.2. The Bertz CT molecular complexity index is 943. The molecule has 0 aromatic heterocycles. The van der Waals surface area contributed by atoms with Crippen LogP contribution in [0.3, 0.4) is 0 Å². The Kier molecular flexibility index (Phi) is 4.90. The molecule has 2 amide bonds. The predicted molar refractivity (Wildman–Crippen MR) is 105 cm³/mol. The Morgan fingerprint density at radius 1 is 1.45 bits per heavy atom. The van der Waals surface area contributed by atoms with E-state index in [1.165, 1.54) is 18.2 Å². The maximum atomic E-state index is 15.9. The lowest BCUT2D eigenvalue weighted by Gasteiger charge is -2.36. The highest BCUT2D eigenvalue weighted by Crippen LogP contribution is 2.49. The van der Waals surface area contributed by atoms with Crippen LogP contribution in [0.2, 0.25) is 0 Å². The van der Waals surface area contributed by atoms with Crippen LogP contribution >= 0.6 is 0 Å². The number of halogens is 2. The number of hydrogen-bond donors (Lipinski definition) is 3. The number of alkyl halides is 1. The Morgan fingerprint density at radius 3 is 3.00 bits per heavy atom. The van der Waals surface area contributed by atoms with E-state index in [0.717, 1.165) is 32.0 Å². The number of benzene rings is 1. The topological polar surface area (TPSA) is 87.5 Å². The molecule has 154 valence electrons. The van der Waals surface area contributed by atoms with Crippen LogP contribution in [0.25, 0.3) is 0 Å². The largest absolute Gasteiger partial charge is 0.402 e. The van der Waals surface area contributed by atoms with Gasteiger partial charge in [0.1, 0.15) is 5.83 Å². The average Bonchev–Trinajstić information content (AvgIpc) is 3.12. The van der Waals surface area contributed by atoms with Crippen molar-refractivity contribution in [3.8, 4) is 0 Å². The van der Waals surface area contributed by atoms with E-state index in [2.05, 4.69) is 22.5 Å². The number of rotatable bonds is 4. The Labute approximate surface area is 167 Å². The molecule has 0 bridgehead atoms. The first-order valence-electron chi connectivity index (χ1n) is 9.87. The maximum absolute atomic E-state index is 15.9. The second-order valence-electron chi connectivity index (χ2n) is 7.77. The number of hydrogen-bond acceptors (Lipinski definition) is 4. The molecule has 1 aliphatic carbocycles. The Morgan fingerprint density at radius 2 is 2.24 bits per heavy atom. The van der Waals surface area contributed by atoms with Crippen LogP contribution < -0.4 is 16.4 Å². The molecule has 4 rings (SSSR count). The number of amides is 2. The van der Waals surface area contributed by atoms with Crippen LogP contribution in [0.1, 0.15) is 42.1 Å². The van der Waals surface area contributed by atoms with Gasteiger partial charge in [0.15, 0.2) is 5.67 Å². The van der Waals surface area contributed by atoms with Crippen LogP contribution in [-0.4, -0.2) is 42.4 Å². The van der Waals surface area contributed by atoms with Crippen molar-refractivity contribution >= 4 is 17.5 Å². The molecule has 0 radical (unpaired) electrons. The number of carbonyl (C=O) groups excluding carboxylic acids is 2. The zero-order valence-electron chi connectivity index (χ0n) is 16.2. The third kappa shape index (κ3) is 3.31. The van der Waals surface area contributed by atoms with Crippen LogP contribution in [0.5, 0.6) is 0 Å². The van der Waals surface area contributed by atoms with E-state index >= 15 is 4.39 Å². The molecule has 8 heteroatoms. The molecule has 3 aliphatic rings. The molecule has 2 heterocycles. The van der Waals surface area contributed by atoms with Gasteiger partial charge in [-0.15, -0.1) is 0 Å². The van der Waals surface area contributed by atoms with Crippen LogP contribution in [0, 0.1) is 0 Å². The highest BCUT2D eigenvalue weighted by molar-refractivity contribution is 6.10. The molecule has 1 aromatic rings. The molecule has 2 atom stereocenters. The summed E-state index contributed by atoms with van der Waals surface area (Å²) in [7, 11) is 0. The number of likely N-dealkylation sites (tertiary alicyclic amines) is 1. The quantitative estimate of drug-likeness (QED) is 0.722. The van der Waals surface area contributed by atoms with Crippen LogP contribution in [0.15, 0.2) is 41.4 Å². The Balaban J connectivity index is 1.60. The minimum Gasteiger partial charge on any atom is -0.402 e. The number of carbonyl (C=O) groups is 2. The van der Waals surface area contributed by atoms with E-state index in [4.69, 9.17) is 5.73 Å². The minimum atomic E-state index is -2.40. The van der Waals surface area contributed by atoms with Gasteiger partial charge in [0, 0.05) is 41.5 Å². The summed E-state index contributed by atoms with van der Waals surface area (Å²) >= 11 is 0. The summed E-state index contributed by atoms with van der Waals surface area (Å²) in [6.45, 7) is 4.55. The number of nitrogens with two attached hydrogens (primary N) is 1. The van der Waals surface area contributed by atoms with Gasteiger partial charge in [-0.05, 0) is 50.2 Å². The monoisotopic (exact) mass is 402 g/mol. The second kappa shape index (κ2) is 7.26. The molecular weight excluding hydrogens is 378 g/mol. The predicted octanol–water partition coefficient (Wildman–Crippen LogP) is 2.49. The highest BCUT2D eigenvalue weighted by Gasteiger charge is 2.49. The van der Waals surface area contributed by atoms with Crippen LogP contribution in [0.4, 0.5) is 14.5 Å². The highest BCUT2D eigenvalue weighted by atomic mass is 19.1. The first-order chi connectivity index (χ1) is 13.8. The summed E-state index contributed by atoms with van der Waals surface area (Å²) < 4.78 is 30.2. The first-order valence-corrected chi connectivity index (χ1v) is 9.87. The number of fused-ring (bicyclic) bond motifs is 3. The van der Waals surface area contributed by atoms with E-state index in [0.29, 0.717) is 12.6 Å². The first kappa shape index (κ1) is 19.6. The van der Waals surface area contributed by atoms with Crippen LogP contribution in [-0.2, 0) is 10.5 Å². The van der Waals surface area contributed by atoms with E-state index in [1.807, 2.05) is 0 Å². The van der Waals surface area contributed by atoms with E-state index in [1.54, 1.807) is 0 Å². The Hall–Kier alpha value is -2.74. The van der Waals surface area contributed by atoms with Gasteiger partial charge in [0.25, 0.3) is 11.8 Å². The lowest BCUT2D eigenvalue weighted by molar-refractivity contribution is -0.114. The van der Waals surface area contributed by atoms with Crippen molar-refractivity contribution in [1.29, 1.82) is 0 Å². The number of allylic oxidation sites excluding steroid dienone is 3. The molecule has 2 unspecified atom stereocenters. The van der Waals surface area contributed by atoms with Crippen molar-refractivity contribution in [3.63, 3.8) is 0 Å². The normalized spacial score (nSPS) is 26.5. The molecule has 1 aromatic carbocycles. The van der Waals surface area contributed by atoms with Gasteiger partial charge in [0.05, 0.1) is 5.57 Å². The number of anilines is 1. The van der Waals surface area contributed by atoms with Gasteiger partial charge in [-0.3, -0.25) is 14.5 Å². The van der Waals surface area contributed by atoms with Gasteiger partial charge < -0.3 is 16.4 Å². The summed E-state index contributed by atoms with van der Waals surface area (Å²) in [5.41, 5.74) is 3.21. The number of nitrogens with zero attached hydrogens (tertiary/aromatic N) is 1. The maximum Gasteiger partial charge on any atom is 0.258 e. The van der Waals surface area contributed by atoms with Crippen molar-refractivity contribution in [2.24, 2.45) is 5.73 Å². The van der Waals surface area contributed by atoms with Crippen molar-refractivity contribution in [1.82, 2.24) is 10.2 Å². The van der Waals surface area contributed by atoms with Gasteiger partial charge in [-0.1, -0.05) is 6.92 Å². The average molecular weight is 402 g/mol. The van der Waals surface area contributed by atoms with Crippen molar-refractivity contribution < 1.29 is 18.4 Å². The SMILES string of the molecule is CCN1CCCC1CNC(=O)c1ccc2c(c1)C1(F)CC(N)=CC(F)=C1C(=O)N2. The fraction of sp³-hybridized carbons (Fsp3) is 0.429. The molecule has 1 fully saturated rings. The summed E-state index contributed by atoms with van der Waals surface area (Å²) in [5, 5.41) is 5.41. The summed E-state index contributed by atoms with van der Waals surface area (Å²) in [6.07, 6.45) is 2.76. The lowest BCUT2D eigenvalue weighted by atomic mass is 9.76. The fourth-order valence-electron chi connectivity index (χ4n) is 4.53. The zero-order chi connectivity index (χ0) is 20.8. The summed E-state index contributed by atoms with van der Waals surface area (Å²) in [4.78, 5) is 27.2. The van der Waals surface area contributed by atoms with E-state index in [9.17, 15) is 14.0 Å². The second-order valence-corrected chi connectivity index (χ2v) is 7.77. The minimum absolute atomic E-state index is 0.00476. The van der Waals surface area contributed by atoms with Gasteiger partial charge in [-0.25, -0.2) is 8.78 Å². The van der Waals surface area contributed by atoms with Gasteiger partial charge in [-0.2, -0.15) is 0 Å². The molecule has 6 nitrogen and oxygen atoms in total. The fourth-order valence-corrected chi connectivity index (χ4v) is 4.53. The molecule has 4 N–H and O–H groups in total. The standard InChI is InChI=1S/C21H24F2N4O2/c1-2-27-7-3-4-14(27)11-25-19(28)12-5-6-17-15(8-12)21(23)10-13(24)9-16(22)18(21)20(29)26-17/h5-6,8-9,14H,2-4,7,10-11,24H2,1H3,(H,25,28)(H,26,29). The summed E-state index contributed by atoms with van der Waals surface area (Å²) in [6, 6.07) is 4.67. The third-order valence-corrected chi connectivity index (χ3v) is 5.98. The van der Waals surface area contributed by atoms with Gasteiger partial charge >= 0.3 is 0 Å². The molecule has 1 saturated heterocycles. The van der Waals surface area contributed by atoms with Crippen molar-refractivity contribution in [2.45, 2.75) is 37.9 Å². The molecule has 0 saturated carbocycles. The molecular formula is C21H24F2N4O2. The molecule has 2 aliphatic heterocycles. The van der Waals surface area contributed by atoms with Crippen molar-refractivity contribution in [3.05, 3.63) is 52.5 Å². The van der Waals surface area contributed by atoms with Gasteiger partial charge in [0.2, 0.25) is 0 Å². The smallest absolute Gasteiger partial charge is 0.258 e. The third-order valence-electron chi connectivity index (χ3n) is 5.98. The number of likely N-dealkylation sites (N-methyl/N-ethyl adjacent to an activating group) is 1. The van der Waals surface area contributed by atoms with Crippen molar-refractivity contribution in [2.75, 3.05) is 25.0 Å². The molecule has 29 heavy (non-hydrogen) atoms. The summed E-state index contributed by atoms with van der Waals surface area (Å²) in [5.74, 6) is -2.16.